The number of allylic oxidation sites excluding steroid dienone is 1. The number of hydrogen-bond acceptors (Lipinski definition) is 3. The monoisotopic (exact) mass is 379 g/mol. The van der Waals surface area contributed by atoms with Crippen molar-refractivity contribution in [3.05, 3.63) is 71.0 Å². The van der Waals surface area contributed by atoms with Crippen LogP contribution in [0.2, 0.25) is 0 Å². The molecule has 1 heterocycles. The highest BCUT2D eigenvalue weighted by atomic mass is 19.1. The van der Waals surface area contributed by atoms with Crippen molar-refractivity contribution in [2.75, 3.05) is 11.4 Å². The first kappa shape index (κ1) is 19.8. The molecule has 0 unspecified atom stereocenters. The molecule has 0 aliphatic carbocycles. The van der Waals surface area contributed by atoms with Gasteiger partial charge in [0.15, 0.2) is 0 Å². The molecule has 1 aliphatic rings. The molecule has 4 nitrogen and oxygen atoms in total. The molecule has 0 atom stereocenters. The maximum atomic E-state index is 13.7. The molecule has 0 bridgehead atoms. The maximum absolute atomic E-state index is 13.7. The van der Waals surface area contributed by atoms with Crippen LogP contribution in [0, 0.1) is 5.82 Å². The number of nitrogens with one attached hydrogen (secondary N) is 1. The van der Waals surface area contributed by atoms with Crippen LogP contribution in [0.25, 0.3) is 5.57 Å². The van der Waals surface area contributed by atoms with Gasteiger partial charge in [0.25, 0.3) is 5.91 Å². The van der Waals surface area contributed by atoms with E-state index >= 15 is 0 Å². The van der Waals surface area contributed by atoms with Crippen molar-refractivity contribution >= 4 is 23.4 Å². The first-order valence-electron chi connectivity index (χ1n) is 9.53. The van der Waals surface area contributed by atoms with Gasteiger partial charge in [-0.25, -0.2) is 9.82 Å². The summed E-state index contributed by atoms with van der Waals surface area (Å²) in [6.07, 6.45) is 4.93. The third-order valence-electron chi connectivity index (χ3n) is 4.95. The average molecular weight is 379 g/mol. The molecule has 3 rings (SSSR count). The molecule has 0 spiro atoms. The Morgan fingerprint density at radius 2 is 2.00 bits per heavy atom. The Balaban J connectivity index is 1.80. The first-order chi connectivity index (χ1) is 13.3. The number of carbonyl (C=O) groups excluding carboxylic acids is 1. The number of anilines is 1. The Hall–Kier alpha value is -2.95. The minimum atomic E-state index is -0.570. The average Bonchev–Trinajstić information content (AvgIpc) is 2.65. The van der Waals surface area contributed by atoms with Crippen molar-refractivity contribution in [1.29, 1.82) is 0 Å². The van der Waals surface area contributed by atoms with Crippen molar-refractivity contribution in [3.8, 4) is 0 Å². The molecule has 146 valence electrons. The van der Waals surface area contributed by atoms with Crippen molar-refractivity contribution in [2.24, 2.45) is 5.10 Å². The topological polar surface area (TPSA) is 44.7 Å². The van der Waals surface area contributed by atoms with E-state index in [1.807, 2.05) is 6.07 Å². The van der Waals surface area contributed by atoms with Gasteiger partial charge in [-0.1, -0.05) is 31.2 Å². The fourth-order valence-corrected chi connectivity index (χ4v) is 3.68. The van der Waals surface area contributed by atoms with Gasteiger partial charge in [-0.15, -0.1) is 0 Å². The number of hydrazone groups is 1. The summed E-state index contributed by atoms with van der Waals surface area (Å²) in [6.45, 7) is 9.73. The lowest BCUT2D eigenvalue weighted by molar-refractivity contribution is 0.0951. The van der Waals surface area contributed by atoms with Crippen molar-refractivity contribution in [3.63, 3.8) is 0 Å². The van der Waals surface area contributed by atoms with Crippen LogP contribution in [0.5, 0.6) is 0 Å². The zero-order chi connectivity index (χ0) is 20.3. The highest BCUT2D eigenvalue weighted by Crippen LogP contribution is 2.39. The van der Waals surface area contributed by atoms with E-state index in [0.29, 0.717) is 0 Å². The van der Waals surface area contributed by atoms with Crippen LogP contribution < -0.4 is 10.3 Å². The minimum absolute atomic E-state index is 0.0266. The van der Waals surface area contributed by atoms with Crippen molar-refractivity contribution in [1.82, 2.24) is 5.43 Å². The van der Waals surface area contributed by atoms with Crippen LogP contribution in [0.15, 0.2) is 53.6 Å². The number of fused-ring (bicyclic) bond motifs is 1. The maximum Gasteiger partial charge on any atom is 0.274 e. The van der Waals surface area contributed by atoms with E-state index in [1.165, 1.54) is 23.4 Å². The van der Waals surface area contributed by atoms with Crippen LogP contribution in [-0.4, -0.2) is 24.2 Å². The lowest BCUT2D eigenvalue weighted by Gasteiger charge is -2.43. The molecular formula is C23H26FN3O. The van der Waals surface area contributed by atoms with Gasteiger partial charge in [0.2, 0.25) is 0 Å². The molecule has 1 aliphatic heterocycles. The number of carbonyl (C=O) groups is 1. The third kappa shape index (κ3) is 3.98. The van der Waals surface area contributed by atoms with Crippen LogP contribution in [0.4, 0.5) is 10.1 Å². The fraction of sp³-hybridized carbons (Fsp3) is 0.304. The fourth-order valence-electron chi connectivity index (χ4n) is 3.68. The summed E-state index contributed by atoms with van der Waals surface area (Å²) >= 11 is 0. The Kier molecular flexibility index (Phi) is 5.63. The molecule has 0 saturated carbocycles. The summed E-state index contributed by atoms with van der Waals surface area (Å²) in [6, 6.07) is 12.0. The second-order valence-electron chi connectivity index (χ2n) is 7.59. The summed E-state index contributed by atoms with van der Waals surface area (Å²) < 4.78 is 13.7. The highest BCUT2D eigenvalue weighted by Gasteiger charge is 2.30. The largest absolute Gasteiger partial charge is 0.362 e. The number of halogens is 1. The molecule has 2 aromatic rings. The molecule has 5 heteroatoms. The molecule has 0 aromatic heterocycles. The summed E-state index contributed by atoms with van der Waals surface area (Å²) in [5, 5.41) is 3.99. The molecule has 2 aromatic carbocycles. The third-order valence-corrected chi connectivity index (χ3v) is 4.95. The van der Waals surface area contributed by atoms with Gasteiger partial charge in [0, 0.05) is 17.8 Å². The van der Waals surface area contributed by atoms with Crippen LogP contribution in [-0.2, 0) is 0 Å². The summed E-state index contributed by atoms with van der Waals surface area (Å²) in [4.78, 5) is 14.5. The second-order valence-corrected chi connectivity index (χ2v) is 7.59. The van der Waals surface area contributed by atoms with E-state index < -0.39 is 11.7 Å². The molecule has 0 fully saturated rings. The summed E-state index contributed by atoms with van der Waals surface area (Å²) in [5.74, 6) is -1.14. The zero-order valence-electron chi connectivity index (χ0n) is 16.8. The Bertz CT molecular complexity index is 947. The Morgan fingerprint density at radius 1 is 1.25 bits per heavy atom. The quantitative estimate of drug-likeness (QED) is 0.587. The molecule has 28 heavy (non-hydrogen) atoms. The molecule has 0 radical (unpaired) electrons. The van der Waals surface area contributed by atoms with Crippen LogP contribution in [0.1, 0.15) is 55.6 Å². The molecule has 1 amide bonds. The standard InChI is InChI=1S/C23H26FN3O/c1-5-12-27-21-11-10-17(13-19(21)16(2)14-23(27,3)4)15-25-26-22(28)18-8-6-7-9-20(18)24/h6-11,13-15H,5,12H2,1-4H3,(H,26,28)/b25-15-. The van der Waals surface area contributed by atoms with E-state index in [-0.39, 0.29) is 11.1 Å². The normalized spacial score (nSPS) is 15.3. The number of nitrogens with zero attached hydrogens (tertiary/aromatic N) is 2. The lowest BCUT2D eigenvalue weighted by atomic mass is 9.88. The number of amides is 1. The van der Waals surface area contributed by atoms with Crippen molar-refractivity contribution < 1.29 is 9.18 Å². The number of hydrogen-bond donors (Lipinski definition) is 1. The molecule has 0 saturated heterocycles. The summed E-state index contributed by atoms with van der Waals surface area (Å²) in [5.41, 5.74) is 6.79. The SMILES string of the molecule is CCCN1c2ccc(/C=N\NC(=O)c3ccccc3F)cc2C(C)=CC1(C)C. The summed E-state index contributed by atoms with van der Waals surface area (Å²) in [7, 11) is 0. The van der Waals surface area contributed by atoms with Gasteiger partial charge >= 0.3 is 0 Å². The van der Waals surface area contributed by atoms with Gasteiger partial charge < -0.3 is 4.90 Å². The van der Waals surface area contributed by atoms with Gasteiger partial charge in [0.1, 0.15) is 5.82 Å². The number of benzene rings is 2. The van der Waals surface area contributed by atoms with E-state index in [9.17, 15) is 9.18 Å². The van der Waals surface area contributed by atoms with Crippen LogP contribution in [0.3, 0.4) is 0 Å². The van der Waals surface area contributed by atoms with Crippen molar-refractivity contribution in [2.45, 2.75) is 39.7 Å². The first-order valence-corrected chi connectivity index (χ1v) is 9.53. The molecular weight excluding hydrogens is 353 g/mol. The predicted molar refractivity (Wildman–Crippen MR) is 113 cm³/mol. The van der Waals surface area contributed by atoms with E-state index in [2.05, 4.69) is 61.3 Å². The smallest absolute Gasteiger partial charge is 0.274 e. The molecule has 1 N–H and O–H groups in total. The van der Waals surface area contributed by atoms with Gasteiger partial charge in [-0.05, 0) is 62.6 Å². The van der Waals surface area contributed by atoms with E-state index in [0.717, 1.165) is 24.1 Å². The van der Waals surface area contributed by atoms with Gasteiger partial charge in [-0.3, -0.25) is 4.79 Å². The second kappa shape index (κ2) is 7.97. The van der Waals surface area contributed by atoms with Gasteiger partial charge in [-0.2, -0.15) is 5.10 Å². The Labute approximate surface area is 165 Å². The van der Waals surface area contributed by atoms with Gasteiger partial charge in [0.05, 0.1) is 17.3 Å². The number of rotatable bonds is 5. The minimum Gasteiger partial charge on any atom is -0.362 e. The van der Waals surface area contributed by atoms with Crippen LogP contribution >= 0.6 is 0 Å². The van der Waals surface area contributed by atoms with E-state index in [1.54, 1.807) is 18.3 Å². The highest BCUT2D eigenvalue weighted by molar-refractivity contribution is 5.95. The zero-order valence-corrected chi connectivity index (χ0v) is 16.8. The predicted octanol–water partition coefficient (Wildman–Crippen LogP) is 5.00. The lowest BCUT2D eigenvalue weighted by Crippen LogP contribution is -2.45. The van der Waals surface area contributed by atoms with E-state index in [4.69, 9.17) is 0 Å². The Morgan fingerprint density at radius 3 is 2.71 bits per heavy atom.